The van der Waals surface area contributed by atoms with Gasteiger partial charge in [0.25, 0.3) is 0 Å². The fourth-order valence-electron chi connectivity index (χ4n) is 2.38. The van der Waals surface area contributed by atoms with Gasteiger partial charge in [0.15, 0.2) is 0 Å². The smallest absolute Gasteiger partial charge is 0.0658 e. The number of benzene rings is 1. The van der Waals surface area contributed by atoms with E-state index in [1.54, 1.807) is 0 Å². The van der Waals surface area contributed by atoms with Crippen LogP contribution in [-0.2, 0) is 0 Å². The van der Waals surface area contributed by atoms with E-state index in [-0.39, 0.29) is 0 Å². The quantitative estimate of drug-likeness (QED) is 0.721. The Balaban J connectivity index is 2.25. The first-order valence-corrected chi connectivity index (χ1v) is 6.41. The van der Waals surface area contributed by atoms with Crippen molar-refractivity contribution in [1.29, 1.82) is 0 Å². The molecule has 1 fully saturated rings. The van der Waals surface area contributed by atoms with Crippen LogP contribution >= 0.6 is 0 Å². The Morgan fingerprint density at radius 3 is 2.65 bits per heavy atom. The van der Waals surface area contributed by atoms with Crippen LogP contribution in [0.5, 0.6) is 0 Å². The average molecular weight is 230 g/mol. The molecule has 92 valence electrons. The molecular weight excluding hydrogens is 208 g/mol. The Kier molecular flexibility index (Phi) is 3.63. The van der Waals surface area contributed by atoms with Gasteiger partial charge in [-0.2, -0.15) is 0 Å². The Morgan fingerprint density at radius 2 is 1.94 bits per heavy atom. The normalized spacial score (nSPS) is 28.6. The zero-order valence-electron chi connectivity index (χ0n) is 11.3. The van der Waals surface area contributed by atoms with Crippen LogP contribution in [0.15, 0.2) is 29.3 Å². The monoisotopic (exact) mass is 230 g/mol. The van der Waals surface area contributed by atoms with Crippen LogP contribution in [0.2, 0.25) is 0 Å². The minimum absolute atomic E-state index is 0.566. The van der Waals surface area contributed by atoms with E-state index in [0.717, 1.165) is 18.7 Å². The first kappa shape index (κ1) is 12.3. The lowest BCUT2D eigenvalue weighted by Crippen LogP contribution is -2.42. The van der Waals surface area contributed by atoms with E-state index in [4.69, 9.17) is 4.99 Å². The standard InChI is InChI=1S/C15H22N2/c1-11-7-5-6-8-14(11)16-15-9-13(3)17(4)10-12(15)2/h5-8,12-13H,9-10H2,1-4H3/t12-,13-/m1/s1. The minimum atomic E-state index is 0.566. The second-order valence-corrected chi connectivity index (χ2v) is 5.28. The third-order valence-corrected chi connectivity index (χ3v) is 3.77. The summed E-state index contributed by atoms with van der Waals surface area (Å²) in [5, 5.41) is 0. The maximum Gasteiger partial charge on any atom is 0.0658 e. The molecule has 1 aromatic carbocycles. The van der Waals surface area contributed by atoms with Crippen molar-refractivity contribution in [3.63, 3.8) is 0 Å². The number of piperidine rings is 1. The summed E-state index contributed by atoms with van der Waals surface area (Å²) in [4.78, 5) is 7.29. The highest BCUT2D eigenvalue weighted by Gasteiger charge is 2.25. The van der Waals surface area contributed by atoms with Gasteiger partial charge in [-0.15, -0.1) is 0 Å². The van der Waals surface area contributed by atoms with Gasteiger partial charge in [-0.05, 0) is 32.5 Å². The summed E-state index contributed by atoms with van der Waals surface area (Å²) in [6.45, 7) is 7.80. The van der Waals surface area contributed by atoms with Gasteiger partial charge in [-0.25, -0.2) is 0 Å². The largest absolute Gasteiger partial charge is 0.303 e. The van der Waals surface area contributed by atoms with Gasteiger partial charge in [0, 0.05) is 30.6 Å². The lowest BCUT2D eigenvalue weighted by molar-refractivity contribution is 0.226. The number of hydrogen-bond donors (Lipinski definition) is 0. The van der Waals surface area contributed by atoms with Crippen LogP contribution in [0.3, 0.4) is 0 Å². The molecule has 0 aromatic heterocycles. The highest BCUT2D eigenvalue weighted by molar-refractivity contribution is 5.90. The Hall–Kier alpha value is -1.15. The third-order valence-electron chi connectivity index (χ3n) is 3.77. The number of likely N-dealkylation sites (tertiary alicyclic amines) is 1. The lowest BCUT2D eigenvalue weighted by Gasteiger charge is -2.34. The molecule has 2 nitrogen and oxygen atoms in total. The molecule has 1 aliphatic heterocycles. The van der Waals surface area contributed by atoms with E-state index in [0.29, 0.717) is 12.0 Å². The Morgan fingerprint density at radius 1 is 1.24 bits per heavy atom. The van der Waals surface area contributed by atoms with Crippen molar-refractivity contribution in [2.24, 2.45) is 10.9 Å². The molecule has 0 aliphatic carbocycles. The van der Waals surface area contributed by atoms with Crippen LogP contribution in [0.1, 0.15) is 25.8 Å². The molecule has 0 unspecified atom stereocenters. The topological polar surface area (TPSA) is 15.6 Å². The molecule has 0 saturated carbocycles. The maximum atomic E-state index is 4.87. The zero-order valence-corrected chi connectivity index (χ0v) is 11.3. The molecule has 2 atom stereocenters. The molecule has 0 radical (unpaired) electrons. The summed E-state index contributed by atoms with van der Waals surface area (Å²) in [6.07, 6.45) is 1.09. The van der Waals surface area contributed by atoms with E-state index < -0.39 is 0 Å². The molecule has 1 saturated heterocycles. The van der Waals surface area contributed by atoms with Gasteiger partial charge in [-0.1, -0.05) is 25.1 Å². The first-order valence-electron chi connectivity index (χ1n) is 6.41. The van der Waals surface area contributed by atoms with Crippen molar-refractivity contribution >= 4 is 11.4 Å². The maximum absolute atomic E-state index is 4.87. The number of nitrogens with zero attached hydrogens (tertiary/aromatic N) is 2. The number of aliphatic imine (C=N–C) groups is 1. The number of aryl methyl sites for hydroxylation is 1. The third kappa shape index (κ3) is 2.75. The van der Waals surface area contributed by atoms with Gasteiger partial charge in [0.05, 0.1) is 5.69 Å². The molecule has 1 aromatic rings. The summed E-state index contributed by atoms with van der Waals surface area (Å²) < 4.78 is 0. The fraction of sp³-hybridized carbons (Fsp3) is 0.533. The molecule has 0 amide bonds. The van der Waals surface area contributed by atoms with Crippen LogP contribution in [0, 0.1) is 12.8 Å². The van der Waals surface area contributed by atoms with Crippen LogP contribution in [0.4, 0.5) is 5.69 Å². The highest BCUT2D eigenvalue weighted by Crippen LogP contribution is 2.24. The van der Waals surface area contributed by atoms with E-state index >= 15 is 0 Å². The molecule has 1 heterocycles. The molecule has 0 bridgehead atoms. The zero-order chi connectivity index (χ0) is 12.4. The molecule has 17 heavy (non-hydrogen) atoms. The minimum Gasteiger partial charge on any atom is -0.303 e. The number of para-hydroxylation sites is 1. The summed E-state index contributed by atoms with van der Waals surface area (Å²) >= 11 is 0. The van der Waals surface area contributed by atoms with E-state index in [1.807, 2.05) is 0 Å². The van der Waals surface area contributed by atoms with Crippen molar-refractivity contribution in [2.75, 3.05) is 13.6 Å². The van der Waals surface area contributed by atoms with E-state index in [1.165, 1.54) is 11.3 Å². The Labute approximate surface area is 104 Å². The summed E-state index contributed by atoms with van der Waals surface area (Å²) in [5.74, 6) is 0.566. The van der Waals surface area contributed by atoms with Gasteiger partial charge in [0.1, 0.15) is 0 Å². The van der Waals surface area contributed by atoms with Crippen molar-refractivity contribution in [3.8, 4) is 0 Å². The highest BCUT2D eigenvalue weighted by atomic mass is 15.1. The van der Waals surface area contributed by atoms with Crippen molar-refractivity contribution in [3.05, 3.63) is 29.8 Å². The number of hydrogen-bond acceptors (Lipinski definition) is 2. The fourth-order valence-corrected chi connectivity index (χ4v) is 2.38. The van der Waals surface area contributed by atoms with Gasteiger partial charge < -0.3 is 4.90 Å². The predicted molar refractivity (Wildman–Crippen MR) is 74.1 cm³/mol. The van der Waals surface area contributed by atoms with Crippen molar-refractivity contribution < 1.29 is 0 Å². The molecule has 0 N–H and O–H groups in total. The van der Waals surface area contributed by atoms with Crippen LogP contribution < -0.4 is 0 Å². The van der Waals surface area contributed by atoms with E-state index in [9.17, 15) is 0 Å². The molecule has 1 aliphatic rings. The average Bonchev–Trinajstić information content (AvgIpc) is 2.29. The Bertz CT molecular complexity index is 423. The van der Waals surface area contributed by atoms with Gasteiger partial charge in [0.2, 0.25) is 0 Å². The molecule has 2 rings (SSSR count). The number of rotatable bonds is 1. The lowest BCUT2D eigenvalue weighted by atomic mass is 9.93. The second-order valence-electron chi connectivity index (χ2n) is 5.28. The first-order chi connectivity index (χ1) is 8.08. The summed E-state index contributed by atoms with van der Waals surface area (Å²) in [5.41, 5.74) is 3.75. The molecular formula is C15H22N2. The van der Waals surface area contributed by atoms with Gasteiger partial charge in [-0.3, -0.25) is 4.99 Å². The summed E-state index contributed by atoms with van der Waals surface area (Å²) in [7, 11) is 2.20. The molecule has 0 spiro atoms. The van der Waals surface area contributed by atoms with E-state index in [2.05, 4.69) is 57.0 Å². The van der Waals surface area contributed by atoms with Gasteiger partial charge >= 0.3 is 0 Å². The summed E-state index contributed by atoms with van der Waals surface area (Å²) in [6, 6.07) is 8.98. The van der Waals surface area contributed by atoms with Crippen molar-refractivity contribution in [2.45, 2.75) is 33.2 Å². The van der Waals surface area contributed by atoms with Crippen LogP contribution in [-0.4, -0.2) is 30.2 Å². The second kappa shape index (κ2) is 5.01. The van der Waals surface area contributed by atoms with Crippen LogP contribution in [0.25, 0.3) is 0 Å². The molecule has 2 heteroatoms. The SMILES string of the molecule is Cc1ccccc1N=C1C[C@@H](C)N(C)C[C@H]1C. The predicted octanol–water partition coefficient (Wildman–Crippen LogP) is 3.43. The van der Waals surface area contributed by atoms with Crippen molar-refractivity contribution in [1.82, 2.24) is 4.90 Å².